The van der Waals surface area contributed by atoms with Crippen molar-refractivity contribution in [1.82, 2.24) is 9.97 Å². The summed E-state index contributed by atoms with van der Waals surface area (Å²) in [5.74, 6) is 1.78. The second-order valence-electron chi connectivity index (χ2n) is 7.22. The standard InChI is InChI=1S/C27H20N2O3/c1-31-24-13-7-11-22(25(24)30)26-28-23-12-6-5-10-21(23)27(29-26)32-20-16-14-19(15-17-20)18-8-3-2-4-9-18/h2-17,30H,1H3. The Hall–Kier alpha value is -4.38. The van der Waals surface area contributed by atoms with E-state index in [0.717, 1.165) is 22.0 Å². The van der Waals surface area contributed by atoms with E-state index in [9.17, 15) is 5.11 Å². The SMILES string of the molecule is COc1cccc(-c2nc(Oc3ccc(-c4ccccc4)cc3)c3ccccc3n2)c1O. The van der Waals surface area contributed by atoms with Gasteiger partial charge in [-0.15, -0.1) is 0 Å². The molecule has 156 valence electrons. The molecule has 32 heavy (non-hydrogen) atoms. The lowest BCUT2D eigenvalue weighted by Crippen LogP contribution is -1.97. The van der Waals surface area contributed by atoms with Crippen molar-refractivity contribution >= 4 is 10.9 Å². The number of fused-ring (bicyclic) bond motifs is 1. The summed E-state index contributed by atoms with van der Waals surface area (Å²) in [7, 11) is 1.51. The predicted molar refractivity (Wildman–Crippen MR) is 125 cm³/mol. The highest BCUT2D eigenvalue weighted by molar-refractivity contribution is 5.86. The van der Waals surface area contributed by atoms with Crippen LogP contribution < -0.4 is 9.47 Å². The van der Waals surface area contributed by atoms with E-state index in [1.54, 1.807) is 18.2 Å². The average molecular weight is 420 g/mol. The minimum absolute atomic E-state index is 0.0107. The number of benzene rings is 4. The highest BCUT2D eigenvalue weighted by Gasteiger charge is 2.16. The molecule has 0 aliphatic rings. The summed E-state index contributed by atoms with van der Waals surface area (Å²) >= 11 is 0. The van der Waals surface area contributed by atoms with Gasteiger partial charge in [0.2, 0.25) is 5.88 Å². The van der Waals surface area contributed by atoms with Crippen molar-refractivity contribution in [3.8, 4) is 45.6 Å². The minimum atomic E-state index is -0.0107. The first-order valence-electron chi connectivity index (χ1n) is 10.2. The van der Waals surface area contributed by atoms with Crippen molar-refractivity contribution in [3.63, 3.8) is 0 Å². The summed E-state index contributed by atoms with van der Waals surface area (Å²) in [5, 5.41) is 11.4. The van der Waals surface area contributed by atoms with Crippen molar-refractivity contribution in [2.24, 2.45) is 0 Å². The van der Waals surface area contributed by atoms with E-state index in [0.29, 0.717) is 28.8 Å². The number of para-hydroxylation sites is 2. The van der Waals surface area contributed by atoms with Crippen LogP contribution in [0.1, 0.15) is 0 Å². The Labute approximate surface area is 185 Å². The van der Waals surface area contributed by atoms with Gasteiger partial charge < -0.3 is 14.6 Å². The lowest BCUT2D eigenvalue weighted by Gasteiger charge is -2.12. The van der Waals surface area contributed by atoms with Gasteiger partial charge in [-0.2, -0.15) is 4.98 Å². The van der Waals surface area contributed by atoms with E-state index in [4.69, 9.17) is 9.47 Å². The highest BCUT2D eigenvalue weighted by Crippen LogP contribution is 2.38. The van der Waals surface area contributed by atoms with Gasteiger partial charge >= 0.3 is 0 Å². The first kappa shape index (κ1) is 19.6. The number of phenolic OH excluding ortho intramolecular Hbond substituents is 1. The summed E-state index contributed by atoms with van der Waals surface area (Å²) in [5.41, 5.74) is 3.44. The second-order valence-corrected chi connectivity index (χ2v) is 7.22. The molecule has 1 heterocycles. The van der Waals surface area contributed by atoms with E-state index in [1.807, 2.05) is 66.7 Å². The lowest BCUT2D eigenvalue weighted by atomic mass is 10.1. The quantitative estimate of drug-likeness (QED) is 0.353. The zero-order valence-electron chi connectivity index (χ0n) is 17.4. The van der Waals surface area contributed by atoms with Crippen LogP contribution in [-0.4, -0.2) is 22.2 Å². The topological polar surface area (TPSA) is 64.5 Å². The number of aromatic nitrogens is 2. The molecule has 0 radical (unpaired) electrons. The zero-order chi connectivity index (χ0) is 21.9. The van der Waals surface area contributed by atoms with Gasteiger partial charge in [0.25, 0.3) is 0 Å². The maximum absolute atomic E-state index is 10.6. The largest absolute Gasteiger partial charge is 0.504 e. The molecule has 0 unspecified atom stereocenters. The average Bonchev–Trinajstić information content (AvgIpc) is 2.85. The molecule has 0 amide bonds. The summed E-state index contributed by atoms with van der Waals surface area (Å²) in [6.07, 6.45) is 0. The highest BCUT2D eigenvalue weighted by atomic mass is 16.5. The first-order chi connectivity index (χ1) is 15.7. The summed E-state index contributed by atoms with van der Waals surface area (Å²) in [4.78, 5) is 9.27. The van der Waals surface area contributed by atoms with Crippen molar-refractivity contribution in [1.29, 1.82) is 0 Å². The Balaban J connectivity index is 1.55. The van der Waals surface area contributed by atoms with Crippen molar-refractivity contribution < 1.29 is 14.6 Å². The van der Waals surface area contributed by atoms with Crippen LogP contribution in [0.15, 0.2) is 97.1 Å². The Bertz CT molecular complexity index is 1380. The van der Waals surface area contributed by atoms with Crippen LogP contribution in [0.25, 0.3) is 33.4 Å². The summed E-state index contributed by atoms with van der Waals surface area (Å²) < 4.78 is 11.4. The van der Waals surface area contributed by atoms with Crippen LogP contribution >= 0.6 is 0 Å². The number of methoxy groups -OCH3 is 1. The molecule has 0 aliphatic heterocycles. The fourth-order valence-corrected chi connectivity index (χ4v) is 3.57. The van der Waals surface area contributed by atoms with Crippen LogP contribution in [0, 0.1) is 0 Å². The van der Waals surface area contributed by atoms with Crippen LogP contribution in [0.3, 0.4) is 0 Å². The molecule has 5 nitrogen and oxygen atoms in total. The molecule has 0 spiro atoms. The summed E-state index contributed by atoms with van der Waals surface area (Å²) in [6.45, 7) is 0. The molecule has 5 aromatic rings. The second kappa shape index (κ2) is 8.40. The van der Waals surface area contributed by atoms with Gasteiger partial charge in [-0.25, -0.2) is 4.98 Å². The van der Waals surface area contributed by atoms with Crippen LogP contribution in [0.5, 0.6) is 23.1 Å². The number of ether oxygens (including phenoxy) is 2. The van der Waals surface area contributed by atoms with Crippen molar-refractivity contribution in [2.75, 3.05) is 7.11 Å². The molecule has 0 bridgehead atoms. The Kier molecular flexibility index (Phi) is 5.14. The van der Waals surface area contributed by atoms with E-state index in [2.05, 4.69) is 22.1 Å². The lowest BCUT2D eigenvalue weighted by molar-refractivity contribution is 0.374. The van der Waals surface area contributed by atoms with Crippen LogP contribution in [0.2, 0.25) is 0 Å². The van der Waals surface area contributed by atoms with Crippen molar-refractivity contribution in [3.05, 3.63) is 97.1 Å². The Morgan fingerprint density at radius 2 is 1.41 bits per heavy atom. The van der Waals surface area contributed by atoms with E-state index < -0.39 is 0 Å². The fourth-order valence-electron chi connectivity index (χ4n) is 3.57. The van der Waals surface area contributed by atoms with Gasteiger partial charge in [-0.3, -0.25) is 0 Å². The molecule has 0 atom stereocenters. The van der Waals surface area contributed by atoms with E-state index in [-0.39, 0.29) is 5.75 Å². The van der Waals surface area contributed by atoms with E-state index in [1.165, 1.54) is 7.11 Å². The molecule has 1 aromatic heterocycles. The molecule has 5 rings (SSSR count). The molecule has 0 saturated carbocycles. The smallest absolute Gasteiger partial charge is 0.230 e. The molecule has 0 saturated heterocycles. The van der Waals surface area contributed by atoms with E-state index >= 15 is 0 Å². The van der Waals surface area contributed by atoms with Crippen molar-refractivity contribution in [2.45, 2.75) is 0 Å². The molecular weight excluding hydrogens is 400 g/mol. The normalized spacial score (nSPS) is 10.8. The van der Waals surface area contributed by atoms with Gasteiger partial charge in [0, 0.05) is 0 Å². The number of hydrogen-bond acceptors (Lipinski definition) is 5. The van der Waals surface area contributed by atoms with Gasteiger partial charge in [0.1, 0.15) is 5.75 Å². The number of rotatable bonds is 5. The number of aromatic hydroxyl groups is 1. The van der Waals surface area contributed by atoms with Crippen LogP contribution in [-0.2, 0) is 0 Å². The first-order valence-corrected chi connectivity index (χ1v) is 10.2. The third-order valence-corrected chi connectivity index (χ3v) is 5.20. The van der Waals surface area contributed by atoms with Crippen LogP contribution in [0.4, 0.5) is 0 Å². The zero-order valence-corrected chi connectivity index (χ0v) is 17.4. The number of phenols is 1. The monoisotopic (exact) mass is 420 g/mol. The molecule has 0 fully saturated rings. The molecular formula is C27H20N2O3. The molecule has 0 aliphatic carbocycles. The summed E-state index contributed by atoms with van der Waals surface area (Å²) in [6, 6.07) is 30.9. The molecule has 1 N–H and O–H groups in total. The van der Waals surface area contributed by atoms with Gasteiger partial charge in [-0.1, -0.05) is 60.7 Å². The fraction of sp³-hybridized carbons (Fsp3) is 0.0370. The minimum Gasteiger partial charge on any atom is -0.504 e. The van der Waals surface area contributed by atoms with Gasteiger partial charge in [0.15, 0.2) is 17.3 Å². The molecule has 5 heteroatoms. The Morgan fingerprint density at radius 1 is 0.688 bits per heavy atom. The molecule has 4 aromatic carbocycles. The predicted octanol–water partition coefficient (Wildman–Crippen LogP) is 6.47. The third kappa shape index (κ3) is 3.72. The maximum Gasteiger partial charge on any atom is 0.230 e. The van der Waals surface area contributed by atoms with Gasteiger partial charge in [0.05, 0.1) is 23.6 Å². The van der Waals surface area contributed by atoms with Gasteiger partial charge in [-0.05, 0) is 47.5 Å². The number of hydrogen-bond donors (Lipinski definition) is 1. The number of nitrogens with zero attached hydrogens (tertiary/aromatic N) is 2. The maximum atomic E-state index is 10.6. The third-order valence-electron chi connectivity index (χ3n) is 5.20. The Morgan fingerprint density at radius 3 is 2.19 bits per heavy atom.